The fourth-order valence-electron chi connectivity index (χ4n) is 2.97. The number of nitrogens with zero attached hydrogens (tertiary/aromatic N) is 5. The first-order valence-electron chi connectivity index (χ1n) is 9.83. The van der Waals surface area contributed by atoms with E-state index in [0.717, 1.165) is 5.69 Å². The summed E-state index contributed by atoms with van der Waals surface area (Å²) >= 11 is 0. The van der Waals surface area contributed by atoms with Gasteiger partial charge in [0.05, 0.1) is 5.69 Å². The van der Waals surface area contributed by atoms with E-state index in [2.05, 4.69) is 36.0 Å². The lowest BCUT2D eigenvalue weighted by molar-refractivity contribution is 0.0955. The molecule has 1 amide bonds. The van der Waals surface area contributed by atoms with Crippen molar-refractivity contribution in [2.75, 3.05) is 23.7 Å². The van der Waals surface area contributed by atoms with Gasteiger partial charge in [0.25, 0.3) is 5.91 Å². The van der Waals surface area contributed by atoms with Crippen LogP contribution in [0.3, 0.4) is 0 Å². The Labute approximate surface area is 179 Å². The van der Waals surface area contributed by atoms with E-state index in [9.17, 15) is 4.79 Å². The number of carbonyl (C=O) groups is 1. The van der Waals surface area contributed by atoms with Gasteiger partial charge in [0.1, 0.15) is 23.3 Å². The zero-order valence-corrected chi connectivity index (χ0v) is 17.0. The van der Waals surface area contributed by atoms with E-state index in [0.29, 0.717) is 41.9 Å². The van der Waals surface area contributed by atoms with Crippen LogP contribution in [0.4, 0.5) is 17.5 Å². The van der Waals surface area contributed by atoms with Crippen molar-refractivity contribution in [3.63, 3.8) is 0 Å². The summed E-state index contributed by atoms with van der Waals surface area (Å²) in [6, 6.07) is 16.6. The summed E-state index contributed by atoms with van der Waals surface area (Å²) in [4.78, 5) is 25.5. The van der Waals surface area contributed by atoms with Gasteiger partial charge >= 0.3 is 0 Å². The maximum Gasteiger partial charge on any atom is 0.251 e. The monoisotopic (exact) mass is 414 g/mol. The van der Waals surface area contributed by atoms with Crippen LogP contribution in [0, 0.1) is 6.92 Å². The van der Waals surface area contributed by atoms with Crippen LogP contribution in [-0.2, 0) is 0 Å². The fourth-order valence-corrected chi connectivity index (χ4v) is 2.97. The molecule has 0 unspecified atom stereocenters. The molecule has 9 nitrogen and oxygen atoms in total. The van der Waals surface area contributed by atoms with Crippen molar-refractivity contribution < 1.29 is 4.79 Å². The number of hydrogen-bond donors (Lipinski definition) is 3. The molecule has 0 bridgehead atoms. The van der Waals surface area contributed by atoms with E-state index in [1.807, 2.05) is 49.5 Å². The summed E-state index contributed by atoms with van der Waals surface area (Å²) < 4.78 is 1.71. The molecule has 9 heteroatoms. The van der Waals surface area contributed by atoms with Crippen molar-refractivity contribution in [1.82, 2.24) is 30.0 Å². The van der Waals surface area contributed by atoms with Gasteiger partial charge in [-0.2, -0.15) is 5.10 Å². The van der Waals surface area contributed by atoms with Crippen LogP contribution in [-0.4, -0.2) is 43.7 Å². The highest BCUT2D eigenvalue weighted by Gasteiger charge is 2.07. The predicted molar refractivity (Wildman–Crippen MR) is 119 cm³/mol. The van der Waals surface area contributed by atoms with Gasteiger partial charge in [-0.3, -0.25) is 4.79 Å². The topological polar surface area (TPSA) is 110 Å². The van der Waals surface area contributed by atoms with Crippen molar-refractivity contribution in [1.29, 1.82) is 0 Å². The summed E-state index contributed by atoms with van der Waals surface area (Å²) in [5, 5.41) is 13.5. The van der Waals surface area contributed by atoms with E-state index in [1.54, 1.807) is 35.3 Å². The molecular weight excluding hydrogens is 392 g/mol. The molecule has 3 heterocycles. The van der Waals surface area contributed by atoms with E-state index in [-0.39, 0.29) is 5.91 Å². The van der Waals surface area contributed by atoms with Crippen LogP contribution in [0.15, 0.2) is 73.2 Å². The zero-order valence-electron chi connectivity index (χ0n) is 17.0. The van der Waals surface area contributed by atoms with Crippen molar-refractivity contribution in [2.24, 2.45) is 0 Å². The number of aryl methyl sites for hydroxylation is 1. The molecule has 3 aromatic heterocycles. The Bertz CT molecular complexity index is 1150. The van der Waals surface area contributed by atoms with Crippen LogP contribution < -0.4 is 16.0 Å². The van der Waals surface area contributed by atoms with Gasteiger partial charge in [-0.05, 0) is 43.3 Å². The van der Waals surface area contributed by atoms with Crippen LogP contribution in [0.2, 0.25) is 0 Å². The molecule has 0 aliphatic carbocycles. The van der Waals surface area contributed by atoms with E-state index >= 15 is 0 Å². The van der Waals surface area contributed by atoms with E-state index in [4.69, 9.17) is 0 Å². The summed E-state index contributed by atoms with van der Waals surface area (Å²) in [5.74, 6) is 2.50. The smallest absolute Gasteiger partial charge is 0.251 e. The van der Waals surface area contributed by atoms with Crippen LogP contribution in [0.25, 0.3) is 5.69 Å². The summed E-state index contributed by atoms with van der Waals surface area (Å²) in [5.41, 5.74) is 1.41. The first-order valence-corrected chi connectivity index (χ1v) is 9.83. The number of hydrogen-bond acceptors (Lipinski definition) is 7. The van der Waals surface area contributed by atoms with Crippen molar-refractivity contribution in [3.8, 4) is 5.69 Å². The highest BCUT2D eigenvalue weighted by molar-refractivity contribution is 5.94. The summed E-state index contributed by atoms with van der Waals surface area (Å²) in [6.45, 7) is 2.78. The van der Waals surface area contributed by atoms with Crippen molar-refractivity contribution in [2.45, 2.75) is 6.92 Å². The normalized spacial score (nSPS) is 10.5. The lowest BCUT2D eigenvalue weighted by atomic mass is 10.2. The van der Waals surface area contributed by atoms with Crippen LogP contribution in [0.1, 0.15) is 16.2 Å². The second kappa shape index (κ2) is 9.49. The highest BCUT2D eigenvalue weighted by atomic mass is 16.1. The Hall–Kier alpha value is -4.27. The molecule has 0 aliphatic rings. The van der Waals surface area contributed by atoms with Gasteiger partial charge in [0.2, 0.25) is 0 Å². The lowest BCUT2D eigenvalue weighted by Crippen LogP contribution is -2.29. The van der Waals surface area contributed by atoms with Gasteiger partial charge in [-0.1, -0.05) is 12.1 Å². The minimum absolute atomic E-state index is 0.146. The molecule has 0 atom stereocenters. The molecule has 4 rings (SSSR count). The number of amides is 1. The molecule has 3 N–H and O–H groups in total. The molecule has 0 saturated heterocycles. The Balaban J connectivity index is 1.31. The van der Waals surface area contributed by atoms with E-state index < -0.39 is 0 Å². The van der Waals surface area contributed by atoms with Crippen LogP contribution >= 0.6 is 0 Å². The molecule has 156 valence electrons. The third-order valence-electron chi connectivity index (χ3n) is 4.35. The van der Waals surface area contributed by atoms with Crippen molar-refractivity contribution >= 4 is 23.4 Å². The SMILES string of the molecule is Cc1nc(NCCNC(=O)c2cccc(-n3cccn3)c2)cc(Nc2ccccn2)n1. The lowest BCUT2D eigenvalue weighted by Gasteiger charge is -2.11. The molecule has 1 aromatic carbocycles. The second-order valence-electron chi connectivity index (χ2n) is 6.71. The molecule has 0 radical (unpaired) electrons. The Kier molecular flexibility index (Phi) is 6.13. The maximum atomic E-state index is 12.5. The Morgan fingerprint density at radius 1 is 0.935 bits per heavy atom. The predicted octanol–water partition coefficient (Wildman–Crippen LogP) is 2.95. The van der Waals surface area contributed by atoms with Gasteiger partial charge < -0.3 is 16.0 Å². The number of rotatable bonds is 8. The highest BCUT2D eigenvalue weighted by Crippen LogP contribution is 2.15. The summed E-state index contributed by atoms with van der Waals surface area (Å²) in [7, 11) is 0. The van der Waals surface area contributed by atoms with Gasteiger partial charge in [0.15, 0.2) is 0 Å². The van der Waals surface area contributed by atoms with Gasteiger partial charge in [-0.15, -0.1) is 0 Å². The molecule has 0 aliphatic heterocycles. The Morgan fingerprint density at radius 3 is 2.65 bits per heavy atom. The largest absolute Gasteiger partial charge is 0.368 e. The van der Waals surface area contributed by atoms with E-state index in [1.165, 1.54) is 0 Å². The third-order valence-corrected chi connectivity index (χ3v) is 4.35. The first-order chi connectivity index (χ1) is 15.2. The minimum Gasteiger partial charge on any atom is -0.368 e. The molecule has 4 aromatic rings. The van der Waals surface area contributed by atoms with Crippen molar-refractivity contribution in [3.05, 3.63) is 84.6 Å². The zero-order chi connectivity index (χ0) is 21.5. The molecular formula is C22H22N8O. The minimum atomic E-state index is -0.146. The standard InChI is InChI=1S/C22H22N8O/c1-16-27-20(15-21(28-16)29-19-8-2-3-9-23-19)24-11-12-25-22(31)17-6-4-7-18(14-17)30-13-5-10-26-30/h2-10,13-15H,11-12H2,1H3,(H,25,31)(H2,23,24,27,28,29). The Morgan fingerprint density at radius 2 is 1.84 bits per heavy atom. The maximum absolute atomic E-state index is 12.5. The average Bonchev–Trinajstić information content (AvgIpc) is 3.32. The average molecular weight is 414 g/mol. The van der Waals surface area contributed by atoms with Gasteiger partial charge in [0, 0.05) is 43.3 Å². The first kappa shape index (κ1) is 20.0. The quantitative estimate of drug-likeness (QED) is 0.380. The molecule has 0 saturated carbocycles. The number of carbonyl (C=O) groups excluding carboxylic acids is 1. The third kappa shape index (κ3) is 5.41. The molecule has 0 spiro atoms. The second-order valence-corrected chi connectivity index (χ2v) is 6.71. The molecule has 0 fully saturated rings. The number of benzene rings is 1. The number of aromatic nitrogens is 5. The summed E-state index contributed by atoms with van der Waals surface area (Å²) in [6.07, 6.45) is 5.25. The number of anilines is 3. The number of pyridine rings is 1. The number of nitrogens with one attached hydrogen (secondary N) is 3. The van der Waals surface area contributed by atoms with Crippen LogP contribution in [0.5, 0.6) is 0 Å². The van der Waals surface area contributed by atoms with Gasteiger partial charge in [-0.25, -0.2) is 19.6 Å². The molecule has 31 heavy (non-hydrogen) atoms. The fraction of sp³-hybridized carbons (Fsp3) is 0.136.